The molecule has 4 rings (SSSR count). The maximum Gasteiger partial charge on any atom is 0.220 e. The standard InChI is InChI=1S/C31H33Cl2N3O3S/c1-4-36-30(23-10-15-26(39-3)16-11-23)29(22-8-13-25(38-2)14-9-22)35-31(36)40-19-5-6-28(37)34-18-17-21-7-12-24(32)20-27(21)33/h7-16,20H,4-6,17-19H2,1-3H3,(H,34,37). The molecule has 9 heteroatoms. The van der Waals surface area contributed by atoms with Crippen molar-refractivity contribution in [1.29, 1.82) is 0 Å². The van der Waals surface area contributed by atoms with Crippen molar-refractivity contribution in [3.63, 3.8) is 0 Å². The smallest absolute Gasteiger partial charge is 0.220 e. The first-order valence-electron chi connectivity index (χ1n) is 13.2. The van der Waals surface area contributed by atoms with Gasteiger partial charge in [-0.3, -0.25) is 4.79 Å². The summed E-state index contributed by atoms with van der Waals surface area (Å²) in [5.41, 5.74) is 5.01. The lowest BCUT2D eigenvalue weighted by molar-refractivity contribution is -0.121. The van der Waals surface area contributed by atoms with Crippen LogP contribution >= 0.6 is 35.0 Å². The summed E-state index contributed by atoms with van der Waals surface area (Å²) in [6, 6.07) is 21.4. The van der Waals surface area contributed by atoms with E-state index in [1.165, 1.54) is 0 Å². The van der Waals surface area contributed by atoms with Crippen LogP contribution in [-0.4, -0.2) is 42.0 Å². The van der Waals surface area contributed by atoms with E-state index in [2.05, 4.69) is 28.9 Å². The second-order valence-electron chi connectivity index (χ2n) is 9.08. The van der Waals surface area contributed by atoms with E-state index in [-0.39, 0.29) is 5.91 Å². The number of nitrogens with zero attached hydrogens (tertiary/aromatic N) is 2. The summed E-state index contributed by atoms with van der Waals surface area (Å²) in [5, 5.41) is 5.14. The van der Waals surface area contributed by atoms with E-state index < -0.39 is 0 Å². The van der Waals surface area contributed by atoms with Crippen molar-refractivity contribution in [3.8, 4) is 34.0 Å². The van der Waals surface area contributed by atoms with Gasteiger partial charge in [0.1, 0.15) is 11.5 Å². The number of amides is 1. The third-order valence-electron chi connectivity index (χ3n) is 6.49. The maximum absolute atomic E-state index is 12.4. The lowest BCUT2D eigenvalue weighted by Crippen LogP contribution is -2.25. The second kappa shape index (κ2) is 14.5. The van der Waals surface area contributed by atoms with Crippen LogP contribution in [0.15, 0.2) is 71.9 Å². The van der Waals surface area contributed by atoms with Crippen molar-refractivity contribution in [1.82, 2.24) is 14.9 Å². The zero-order chi connectivity index (χ0) is 28.5. The van der Waals surface area contributed by atoms with E-state index >= 15 is 0 Å². The van der Waals surface area contributed by atoms with Crippen molar-refractivity contribution in [3.05, 3.63) is 82.3 Å². The van der Waals surface area contributed by atoms with E-state index in [0.717, 1.165) is 63.5 Å². The quantitative estimate of drug-likeness (QED) is 0.126. The predicted octanol–water partition coefficient (Wildman–Crippen LogP) is 7.79. The highest BCUT2D eigenvalue weighted by Gasteiger charge is 2.20. The molecule has 0 bridgehead atoms. The van der Waals surface area contributed by atoms with Gasteiger partial charge in [0, 0.05) is 46.4 Å². The maximum atomic E-state index is 12.4. The molecule has 3 aromatic carbocycles. The van der Waals surface area contributed by atoms with E-state index in [1.807, 2.05) is 48.5 Å². The molecular weight excluding hydrogens is 565 g/mol. The molecule has 0 radical (unpaired) electrons. The normalized spacial score (nSPS) is 10.9. The molecule has 0 aliphatic carbocycles. The van der Waals surface area contributed by atoms with E-state index in [1.54, 1.807) is 32.0 Å². The van der Waals surface area contributed by atoms with Crippen molar-refractivity contribution in [2.24, 2.45) is 0 Å². The summed E-state index contributed by atoms with van der Waals surface area (Å²) < 4.78 is 13.0. The van der Waals surface area contributed by atoms with Crippen molar-refractivity contribution < 1.29 is 14.3 Å². The fourth-order valence-electron chi connectivity index (χ4n) is 4.37. The van der Waals surface area contributed by atoms with Crippen LogP contribution in [0.1, 0.15) is 25.3 Å². The van der Waals surface area contributed by atoms with E-state index in [0.29, 0.717) is 29.4 Å². The third-order valence-corrected chi connectivity index (χ3v) is 8.14. The Morgan fingerprint density at radius 2 is 1.60 bits per heavy atom. The van der Waals surface area contributed by atoms with Crippen LogP contribution in [0.5, 0.6) is 11.5 Å². The monoisotopic (exact) mass is 597 g/mol. The Balaban J connectivity index is 1.42. The molecule has 0 saturated heterocycles. The third kappa shape index (κ3) is 7.53. The first kappa shape index (κ1) is 29.8. The van der Waals surface area contributed by atoms with Gasteiger partial charge >= 0.3 is 0 Å². The summed E-state index contributed by atoms with van der Waals surface area (Å²) in [6.07, 6.45) is 1.85. The van der Waals surface area contributed by atoms with Gasteiger partial charge in [0.25, 0.3) is 0 Å². The second-order valence-corrected chi connectivity index (χ2v) is 11.0. The minimum absolute atomic E-state index is 0.0300. The van der Waals surface area contributed by atoms with Crippen LogP contribution in [0, 0.1) is 0 Å². The molecule has 0 saturated carbocycles. The molecule has 0 aliphatic rings. The minimum Gasteiger partial charge on any atom is -0.497 e. The van der Waals surface area contributed by atoms with Gasteiger partial charge in [-0.1, -0.05) is 41.0 Å². The average Bonchev–Trinajstić information content (AvgIpc) is 3.35. The van der Waals surface area contributed by atoms with E-state index in [9.17, 15) is 4.79 Å². The molecule has 6 nitrogen and oxygen atoms in total. The molecule has 40 heavy (non-hydrogen) atoms. The zero-order valence-corrected chi connectivity index (χ0v) is 25.2. The fraction of sp³-hybridized carbons (Fsp3) is 0.290. The number of thioether (sulfide) groups is 1. The van der Waals surface area contributed by atoms with Gasteiger partial charge in [-0.2, -0.15) is 0 Å². The Hall–Kier alpha value is -3.13. The number of aromatic nitrogens is 2. The Labute approximate surface area is 250 Å². The van der Waals surface area contributed by atoms with E-state index in [4.69, 9.17) is 37.7 Å². The van der Waals surface area contributed by atoms with Crippen LogP contribution in [0.4, 0.5) is 0 Å². The number of imidazole rings is 1. The molecule has 1 N–H and O–H groups in total. The lowest BCUT2D eigenvalue weighted by atomic mass is 10.0. The van der Waals surface area contributed by atoms with Gasteiger partial charge in [-0.25, -0.2) is 4.98 Å². The highest BCUT2D eigenvalue weighted by Crippen LogP contribution is 2.37. The largest absolute Gasteiger partial charge is 0.497 e. The van der Waals surface area contributed by atoms with Crippen molar-refractivity contribution in [2.75, 3.05) is 26.5 Å². The Morgan fingerprint density at radius 1 is 0.950 bits per heavy atom. The van der Waals surface area contributed by atoms with Gasteiger partial charge in [0.15, 0.2) is 5.16 Å². The molecule has 0 unspecified atom stereocenters. The van der Waals surface area contributed by atoms with Crippen molar-refractivity contribution >= 4 is 40.9 Å². The molecule has 1 amide bonds. The first-order valence-corrected chi connectivity index (χ1v) is 14.9. The van der Waals surface area contributed by atoms with Crippen molar-refractivity contribution in [2.45, 2.75) is 37.9 Å². The molecule has 1 heterocycles. The highest BCUT2D eigenvalue weighted by molar-refractivity contribution is 7.99. The zero-order valence-electron chi connectivity index (χ0n) is 22.9. The molecular formula is C31H33Cl2N3O3S. The summed E-state index contributed by atoms with van der Waals surface area (Å²) >= 11 is 13.9. The molecule has 210 valence electrons. The lowest BCUT2D eigenvalue weighted by Gasteiger charge is -2.12. The molecule has 1 aromatic heterocycles. The number of ether oxygens (including phenoxy) is 2. The minimum atomic E-state index is 0.0300. The van der Waals surface area contributed by atoms with Crippen LogP contribution in [0.3, 0.4) is 0 Å². The van der Waals surface area contributed by atoms with Gasteiger partial charge in [-0.15, -0.1) is 0 Å². The fourth-order valence-corrected chi connectivity index (χ4v) is 5.88. The van der Waals surface area contributed by atoms with Crippen LogP contribution in [0.25, 0.3) is 22.5 Å². The number of benzene rings is 3. The molecule has 0 spiro atoms. The molecule has 4 aromatic rings. The summed E-state index contributed by atoms with van der Waals surface area (Å²) in [4.78, 5) is 17.5. The summed E-state index contributed by atoms with van der Waals surface area (Å²) in [7, 11) is 3.33. The van der Waals surface area contributed by atoms with Crippen LogP contribution in [0.2, 0.25) is 10.0 Å². The average molecular weight is 599 g/mol. The SMILES string of the molecule is CCn1c(SCCCC(=O)NCCc2ccc(Cl)cc2Cl)nc(-c2ccc(OC)cc2)c1-c1ccc(OC)cc1. The highest BCUT2D eigenvalue weighted by atomic mass is 35.5. The summed E-state index contributed by atoms with van der Waals surface area (Å²) in [5.74, 6) is 2.41. The summed E-state index contributed by atoms with van der Waals surface area (Å²) in [6.45, 7) is 3.42. The topological polar surface area (TPSA) is 65.4 Å². The van der Waals surface area contributed by atoms with Crippen LogP contribution < -0.4 is 14.8 Å². The van der Waals surface area contributed by atoms with Crippen LogP contribution in [-0.2, 0) is 17.8 Å². The Kier molecular flexibility index (Phi) is 10.8. The van der Waals surface area contributed by atoms with Gasteiger partial charge in [0.2, 0.25) is 5.91 Å². The molecule has 0 fully saturated rings. The molecule has 0 atom stereocenters. The number of carbonyl (C=O) groups excluding carboxylic acids is 1. The predicted molar refractivity (Wildman–Crippen MR) is 165 cm³/mol. The number of hydrogen-bond acceptors (Lipinski definition) is 5. The number of halogens is 2. The number of carbonyl (C=O) groups is 1. The number of rotatable bonds is 13. The van der Waals surface area contributed by atoms with Gasteiger partial charge < -0.3 is 19.4 Å². The Bertz CT molecular complexity index is 1420. The van der Waals surface area contributed by atoms with Gasteiger partial charge in [-0.05, 0) is 86.0 Å². The number of methoxy groups -OCH3 is 2. The number of hydrogen-bond donors (Lipinski definition) is 1. The Morgan fingerprint density at radius 3 is 2.20 bits per heavy atom. The van der Waals surface area contributed by atoms with Gasteiger partial charge in [0.05, 0.1) is 25.6 Å². The number of nitrogens with one attached hydrogen (secondary N) is 1. The first-order chi connectivity index (χ1) is 19.4. The molecule has 0 aliphatic heterocycles.